The zero-order valence-corrected chi connectivity index (χ0v) is 11.5. The number of nitrogens with zero attached hydrogens (tertiary/aromatic N) is 3. The average molecular weight is 261 g/mol. The van der Waals surface area contributed by atoms with E-state index in [1.54, 1.807) is 0 Å². The second-order valence-electron chi connectivity index (χ2n) is 5.21. The number of benzene rings is 2. The molecule has 3 nitrogen and oxygen atoms in total. The van der Waals surface area contributed by atoms with Crippen LogP contribution >= 0.6 is 0 Å². The van der Waals surface area contributed by atoms with Gasteiger partial charge in [-0.25, -0.2) is 0 Å². The topological polar surface area (TPSA) is 11.8 Å². The van der Waals surface area contributed by atoms with Gasteiger partial charge in [0.25, 0.3) is 0 Å². The van der Waals surface area contributed by atoms with Crippen LogP contribution in [0.4, 0.5) is 5.69 Å². The first kappa shape index (κ1) is 11.3. The Bertz CT molecular complexity index is 935. The van der Waals surface area contributed by atoms with Crippen LogP contribution in [0.1, 0.15) is 0 Å². The summed E-state index contributed by atoms with van der Waals surface area (Å²) in [4.78, 5) is 2.12. The van der Waals surface area contributed by atoms with Gasteiger partial charge in [0.15, 0.2) is 0 Å². The van der Waals surface area contributed by atoms with Crippen molar-refractivity contribution in [2.24, 2.45) is 0 Å². The van der Waals surface area contributed by atoms with Crippen LogP contribution < -0.4 is 9.42 Å². The third-order valence-electron chi connectivity index (χ3n) is 3.79. The average Bonchev–Trinajstić information content (AvgIpc) is 2.96. The highest BCUT2D eigenvalue weighted by molar-refractivity contribution is 6.03. The maximum atomic E-state index is 3.27. The van der Waals surface area contributed by atoms with E-state index >= 15 is 0 Å². The molecule has 0 amide bonds. The minimum absolute atomic E-state index is 1.17. The Balaban J connectivity index is 2.28. The van der Waals surface area contributed by atoms with Crippen LogP contribution in [0.25, 0.3) is 21.8 Å². The summed E-state index contributed by atoms with van der Waals surface area (Å²) in [5.41, 5.74) is 3.56. The van der Waals surface area contributed by atoms with Crippen LogP contribution in [0.2, 0.25) is 0 Å². The molecule has 0 fully saturated rings. The van der Waals surface area contributed by atoms with Gasteiger partial charge in [0.1, 0.15) is 11.7 Å². The number of hydrogen-bond donors (Lipinski definition) is 0. The Morgan fingerprint density at radius 2 is 1.90 bits per heavy atom. The fourth-order valence-corrected chi connectivity index (χ4v) is 2.78. The molecule has 4 rings (SSSR count). The van der Waals surface area contributed by atoms with Crippen molar-refractivity contribution in [2.45, 2.75) is 0 Å². The molecule has 0 N–H and O–H groups in total. The molecule has 4 aromatic rings. The van der Waals surface area contributed by atoms with Crippen LogP contribution in [0.15, 0.2) is 54.7 Å². The van der Waals surface area contributed by atoms with Crippen LogP contribution in [-0.2, 0) is 0 Å². The summed E-state index contributed by atoms with van der Waals surface area (Å²) < 4.78 is 4.21. The van der Waals surface area contributed by atoms with Crippen molar-refractivity contribution in [3.63, 3.8) is 0 Å². The molecule has 0 radical (unpaired) electrons. The Kier molecular flexibility index (Phi) is 2.24. The largest absolute Gasteiger partial charge is 0.378 e. The zero-order valence-electron chi connectivity index (χ0n) is 11.5. The van der Waals surface area contributed by atoms with Crippen molar-refractivity contribution in [2.75, 3.05) is 19.0 Å². The van der Waals surface area contributed by atoms with Gasteiger partial charge >= 0.3 is 0 Å². The first-order valence-corrected chi connectivity index (χ1v) is 6.68. The predicted molar refractivity (Wildman–Crippen MR) is 81.2 cm³/mol. The molecule has 0 unspecified atom stereocenters. The standard InChI is InChI=1S/C17H15N3/c1-18(2)13-8-9-15-14-6-3-4-7-16(14)19-10-5-11-20(19)17(15)12-13/h3-9,11-12H,1-2H3. The maximum Gasteiger partial charge on any atom is 0.147 e. The van der Waals surface area contributed by atoms with Gasteiger partial charge in [0.2, 0.25) is 0 Å². The van der Waals surface area contributed by atoms with Crippen molar-refractivity contribution in [3.8, 4) is 0 Å². The molecule has 0 aliphatic carbocycles. The number of hydrogen-bond acceptors (Lipinski definition) is 1. The summed E-state index contributed by atoms with van der Waals surface area (Å²) in [5, 5.41) is 2.51. The van der Waals surface area contributed by atoms with Crippen LogP contribution in [0, 0.1) is 6.20 Å². The maximum absolute atomic E-state index is 3.27. The molecule has 0 saturated heterocycles. The molecular weight excluding hydrogens is 246 g/mol. The summed E-state index contributed by atoms with van der Waals surface area (Å²) in [6.45, 7) is 0. The number of aromatic nitrogens is 2. The van der Waals surface area contributed by atoms with Gasteiger partial charge in [-0.2, -0.15) is 9.03 Å². The molecule has 0 saturated carbocycles. The van der Waals surface area contributed by atoms with Gasteiger partial charge in [0.05, 0.1) is 5.52 Å². The predicted octanol–water partition coefficient (Wildman–Crippen LogP) is 2.70. The van der Waals surface area contributed by atoms with E-state index in [0.717, 1.165) is 0 Å². The summed E-state index contributed by atoms with van der Waals surface area (Å²) in [6, 6.07) is 17.0. The van der Waals surface area contributed by atoms with Crippen molar-refractivity contribution in [1.29, 1.82) is 0 Å². The zero-order chi connectivity index (χ0) is 13.7. The quantitative estimate of drug-likeness (QED) is 0.291. The Morgan fingerprint density at radius 3 is 2.75 bits per heavy atom. The second-order valence-corrected chi connectivity index (χ2v) is 5.21. The number of anilines is 1. The Hall–Kier alpha value is -2.55. The second kappa shape index (κ2) is 3.97. The van der Waals surface area contributed by atoms with E-state index < -0.39 is 0 Å². The van der Waals surface area contributed by atoms with Crippen molar-refractivity contribution in [3.05, 3.63) is 60.9 Å². The van der Waals surface area contributed by atoms with Gasteiger partial charge < -0.3 is 4.90 Å². The van der Waals surface area contributed by atoms with Gasteiger partial charge in [0, 0.05) is 30.6 Å². The van der Waals surface area contributed by atoms with Gasteiger partial charge in [-0.15, -0.1) is 0 Å². The molecule has 2 heterocycles. The van der Waals surface area contributed by atoms with E-state index in [9.17, 15) is 0 Å². The number of fused-ring (bicyclic) bond motifs is 6. The lowest BCUT2D eigenvalue weighted by atomic mass is 10.1. The van der Waals surface area contributed by atoms with Gasteiger partial charge in [-0.1, -0.05) is 30.3 Å². The van der Waals surface area contributed by atoms with Crippen LogP contribution in [0.3, 0.4) is 0 Å². The van der Waals surface area contributed by atoms with Crippen molar-refractivity contribution >= 4 is 27.5 Å². The Morgan fingerprint density at radius 1 is 1.05 bits per heavy atom. The lowest BCUT2D eigenvalue weighted by Crippen LogP contribution is -2.28. The normalized spacial score (nSPS) is 11.5. The van der Waals surface area contributed by atoms with Crippen LogP contribution in [0.5, 0.6) is 0 Å². The molecule has 20 heavy (non-hydrogen) atoms. The highest BCUT2D eigenvalue weighted by atomic mass is 15.3. The molecule has 0 aliphatic heterocycles. The molecule has 2 aromatic heterocycles. The molecule has 98 valence electrons. The first-order valence-electron chi connectivity index (χ1n) is 6.68. The van der Waals surface area contributed by atoms with E-state index in [0.29, 0.717) is 0 Å². The third-order valence-corrected chi connectivity index (χ3v) is 3.79. The van der Waals surface area contributed by atoms with Gasteiger partial charge in [-0.3, -0.25) is 0 Å². The first-order chi connectivity index (χ1) is 9.75. The molecule has 0 aliphatic rings. The molecule has 0 spiro atoms. The molecule has 2 aromatic carbocycles. The molecular formula is C17H15N3. The monoisotopic (exact) mass is 261 g/mol. The minimum atomic E-state index is 1.17. The summed E-state index contributed by atoms with van der Waals surface area (Å²) in [6.07, 6.45) is 5.32. The van der Waals surface area contributed by atoms with E-state index in [1.165, 1.54) is 27.5 Å². The fraction of sp³-hybridized carbons (Fsp3) is 0.118. The van der Waals surface area contributed by atoms with E-state index in [1.807, 2.05) is 12.3 Å². The van der Waals surface area contributed by atoms with E-state index in [-0.39, 0.29) is 0 Å². The van der Waals surface area contributed by atoms with Crippen molar-refractivity contribution < 1.29 is 4.52 Å². The summed E-state index contributed by atoms with van der Waals surface area (Å²) in [5.74, 6) is 0. The summed E-state index contributed by atoms with van der Waals surface area (Å²) >= 11 is 0. The summed E-state index contributed by atoms with van der Waals surface area (Å²) in [7, 11) is 4.13. The van der Waals surface area contributed by atoms with E-state index in [4.69, 9.17) is 0 Å². The highest BCUT2D eigenvalue weighted by Crippen LogP contribution is 2.25. The smallest absolute Gasteiger partial charge is 0.147 e. The fourth-order valence-electron chi connectivity index (χ4n) is 2.78. The third kappa shape index (κ3) is 1.43. The molecule has 3 heteroatoms. The lowest BCUT2D eigenvalue weighted by molar-refractivity contribution is -0.591. The Labute approximate surface area is 117 Å². The minimum Gasteiger partial charge on any atom is -0.378 e. The van der Waals surface area contributed by atoms with Crippen molar-refractivity contribution in [1.82, 2.24) is 4.52 Å². The highest BCUT2D eigenvalue weighted by Gasteiger charge is 2.09. The SMILES string of the molecule is CN(C)c1ccc2c3ccccc3[n+]3[c-]ccn3c2c1. The molecule has 0 bridgehead atoms. The van der Waals surface area contributed by atoms with Crippen LogP contribution in [-0.4, -0.2) is 18.6 Å². The molecule has 0 atom stereocenters. The lowest BCUT2D eigenvalue weighted by Gasteiger charge is -2.14. The number of para-hydroxylation sites is 1. The van der Waals surface area contributed by atoms with E-state index in [2.05, 4.69) is 76.7 Å². The van der Waals surface area contributed by atoms with Gasteiger partial charge in [-0.05, 0) is 24.4 Å². The number of rotatable bonds is 1.